The van der Waals surface area contributed by atoms with Crippen LogP contribution >= 0.6 is 0 Å². The summed E-state index contributed by atoms with van der Waals surface area (Å²) in [5, 5.41) is 1.83. The minimum absolute atomic E-state index is 0.111. The molecule has 0 aliphatic carbocycles. The number of nitrogens with one attached hydrogen (secondary N) is 1. The Kier molecular flexibility index (Phi) is 1.98. The number of aromatic amines is 1. The van der Waals surface area contributed by atoms with Crippen LogP contribution in [-0.2, 0) is 10.8 Å². The van der Waals surface area contributed by atoms with Crippen molar-refractivity contribution in [3.63, 3.8) is 0 Å². The molecule has 5 aromatic rings. The fourth-order valence-corrected chi connectivity index (χ4v) is 5.04. The standard InChI is InChI=1S/C28H26N2/c1-17-15-16-21-24-22(17)19-13-9-10-14-20(19)26-29-23(18-11-7-6-8-12-18)25(30(24)26)28(4,5)27(21,2)3/h6-16H,1-5H3/p+1/i1D3,4D3,5D3. The van der Waals surface area contributed by atoms with Gasteiger partial charge in [-0.3, -0.25) is 0 Å². The molecule has 0 spiro atoms. The van der Waals surface area contributed by atoms with Crippen LogP contribution in [0.3, 0.4) is 0 Å². The lowest BCUT2D eigenvalue weighted by atomic mass is 9.60. The third kappa shape index (κ3) is 1.92. The lowest BCUT2D eigenvalue weighted by Gasteiger charge is -2.43. The molecule has 0 unspecified atom stereocenters. The van der Waals surface area contributed by atoms with Gasteiger partial charge >= 0.3 is 0 Å². The molecule has 0 saturated heterocycles. The molecule has 1 N–H and O–H groups in total. The zero-order chi connectivity index (χ0) is 28.3. The van der Waals surface area contributed by atoms with Crippen molar-refractivity contribution in [2.24, 2.45) is 0 Å². The second kappa shape index (κ2) is 5.51. The number of aromatic nitrogens is 2. The van der Waals surface area contributed by atoms with Crippen LogP contribution in [-0.4, -0.2) is 4.98 Å². The van der Waals surface area contributed by atoms with Crippen molar-refractivity contribution in [2.75, 3.05) is 0 Å². The Balaban J connectivity index is 2.04. The van der Waals surface area contributed by atoms with Gasteiger partial charge in [-0.15, -0.1) is 0 Å². The van der Waals surface area contributed by atoms with Gasteiger partial charge in [-0.1, -0.05) is 88.2 Å². The number of fused-ring (bicyclic) bond motifs is 3. The maximum absolute atomic E-state index is 8.84. The number of hydrogen-bond acceptors (Lipinski definition) is 0. The van der Waals surface area contributed by atoms with E-state index in [-0.39, 0.29) is 11.3 Å². The van der Waals surface area contributed by atoms with E-state index in [1.54, 1.807) is 24.3 Å². The molecule has 2 nitrogen and oxygen atoms in total. The van der Waals surface area contributed by atoms with Gasteiger partial charge in [-0.2, -0.15) is 4.40 Å². The minimum atomic E-state index is -2.97. The topological polar surface area (TPSA) is 19.9 Å². The first-order chi connectivity index (χ1) is 18.0. The van der Waals surface area contributed by atoms with Crippen molar-refractivity contribution in [2.45, 2.75) is 45.2 Å². The number of H-pyrrole nitrogens is 1. The molecular formula is C28H27N2+. The number of aryl methyl sites for hydroxylation is 1. The lowest BCUT2D eigenvalue weighted by molar-refractivity contribution is -0.499. The number of benzene rings is 3. The molecule has 3 aromatic carbocycles. The smallest absolute Gasteiger partial charge is 0.236 e. The van der Waals surface area contributed by atoms with Crippen molar-refractivity contribution in [3.05, 3.63) is 83.6 Å². The van der Waals surface area contributed by atoms with Crippen LogP contribution in [0.25, 0.3) is 38.6 Å². The van der Waals surface area contributed by atoms with Gasteiger partial charge in [-0.05, 0) is 18.5 Å². The van der Waals surface area contributed by atoms with Gasteiger partial charge in [0.1, 0.15) is 5.52 Å². The Hall–Kier alpha value is -3.13. The first kappa shape index (κ1) is 10.8. The molecule has 0 fully saturated rings. The lowest BCUT2D eigenvalue weighted by Crippen LogP contribution is -2.51. The van der Waals surface area contributed by atoms with Crippen molar-refractivity contribution < 1.29 is 16.7 Å². The maximum Gasteiger partial charge on any atom is 0.293 e. The summed E-state index contributed by atoms with van der Waals surface area (Å²) < 4.78 is 79.7. The molecule has 0 radical (unpaired) electrons. The first-order valence-electron chi connectivity index (χ1n) is 14.6. The van der Waals surface area contributed by atoms with E-state index in [0.717, 1.165) is 0 Å². The van der Waals surface area contributed by atoms with E-state index in [2.05, 4.69) is 4.98 Å². The van der Waals surface area contributed by atoms with Crippen molar-refractivity contribution >= 4 is 27.3 Å². The Bertz CT molecular complexity index is 1780. The second-order valence-electron chi connectivity index (χ2n) is 8.70. The molecule has 2 heteroatoms. The van der Waals surface area contributed by atoms with Crippen LogP contribution in [0, 0.1) is 6.85 Å². The third-order valence-corrected chi connectivity index (χ3v) is 6.81. The van der Waals surface area contributed by atoms with Crippen LogP contribution in [0.1, 0.15) is 56.7 Å². The van der Waals surface area contributed by atoms with Gasteiger partial charge in [0, 0.05) is 45.1 Å². The van der Waals surface area contributed by atoms with Crippen LogP contribution in [0.15, 0.2) is 66.7 Å². The van der Waals surface area contributed by atoms with Gasteiger partial charge in [0.15, 0.2) is 11.4 Å². The number of pyridine rings is 1. The van der Waals surface area contributed by atoms with Crippen molar-refractivity contribution in [1.82, 2.24) is 4.98 Å². The van der Waals surface area contributed by atoms with Crippen LogP contribution in [0.5, 0.6) is 0 Å². The van der Waals surface area contributed by atoms with Crippen molar-refractivity contribution in [1.29, 1.82) is 0 Å². The summed E-state index contributed by atoms with van der Waals surface area (Å²) >= 11 is 0. The van der Waals surface area contributed by atoms with Crippen LogP contribution in [0.2, 0.25) is 0 Å². The molecule has 148 valence electrons. The average molecular weight is 401 g/mol. The largest absolute Gasteiger partial charge is 0.293 e. The van der Waals surface area contributed by atoms with Gasteiger partial charge < -0.3 is 0 Å². The van der Waals surface area contributed by atoms with E-state index in [1.165, 1.54) is 6.07 Å². The molecule has 3 heterocycles. The summed E-state index contributed by atoms with van der Waals surface area (Å²) in [6.07, 6.45) is 0. The highest BCUT2D eigenvalue weighted by Crippen LogP contribution is 2.51. The van der Waals surface area contributed by atoms with Gasteiger partial charge in [0.25, 0.3) is 5.65 Å². The predicted molar refractivity (Wildman–Crippen MR) is 125 cm³/mol. The summed E-state index contributed by atoms with van der Waals surface area (Å²) in [5.41, 5.74) is -1.03. The Morgan fingerprint density at radius 3 is 2.30 bits per heavy atom. The summed E-state index contributed by atoms with van der Waals surface area (Å²) in [5.74, 6) is 0. The fourth-order valence-electron chi connectivity index (χ4n) is 5.04. The first-order valence-corrected chi connectivity index (χ1v) is 10.1. The quantitative estimate of drug-likeness (QED) is 0.241. The molecule has 6 rings (SSSR count). The van der Waals surface area contributed by atoms with Crippen LogP contribution in [0.4, 0.5) is 0 Å². The van der Waals surface area contributed by atoms with Crippen molar-refractivity contribution in [3.8, 4) is 11.3 Å². The number of rotatable bonds is 1. The average Bonchev–Trinajstić information content (AvgIpc) is 3.22. The summed E-state index contributed by atoms with van der Waals surface area (Å²) in [6.45, 7) is -5.08. The van der Waals surface area contributed by atoms with Gasteiger partial charge in [0.2, 0.25) is 0 Å². The van der Waals surface area contributed by atoms with Gasteiger partial charge in [0.05, 0.1) is 5.39 Å². The Labute approximate surface area is 189 Å². The molecular weight excluding hydrogens is 364 g/mol. The third-order valence-electron chi connectivity index (χ3n) is 6.81. The molecule has 0 saturated carbocycles. The van der Waals surface area contributed by atoms with E-state index in [1.807, 2.05) is 54.6 Å². The SMILES string of the molecule is [2H]C([2H])([2H])c1ccc2c3c1c1ccccc1c1[nH]c(-c4ccccc4)c([n+]13)C(C([2H])([2H])[2H])(C([2H])([2H])[2H])C2(C)C. The van der Waals surface area contributed by atoms with Crippen LogP contribution < -0.4 is 4.40 Å². The fraction of sp³-hybridized carbons (Fsp3) is 0.250. The predicted octanol–water partition coefficient (Wildman–Crippen LogP) is 6.60. The number of imidazole rings is 1. The zero-order valence-corrected chi connectivity index (χ0v) is 16.8. The summed E-state index contributed by atoms with van der Waals surface area (Å²) in [6, 6.07) is 19.6. The maximum atomic E-state index is 8.84. The Morgan fingerprint density at radius 2 is 1.57 bits per heavy atom. The number of hydrogen-bond donors (Lipinski definition) is 1. The highest BCUT2D eigenvalue weighted by Gasteiger charge is 2.51. The van der Waals surface area contributed by atoms with E-state index in [0.29, 0.717) is 44.1 Å². The molecule has 1 aliphatic rings. The molecule has 30 heavy (non-hydrogen) atoms. The van der Waals surface area contributed by atoms with E-state index in [9.17, 15) is 0 Å². The monoisotopic (exact) mass is 400 g/mol. The summed E-state index contributed by atoms with van der Waals surface area (Å²) in [4.78, 5) is 3.42. The van der Waals surface area contributed by atoms with Gasteiger partial charge in [-0.25, -0.2) is 4.98 Å². The summed E-state index contributed by atoms with van der Waals surface area (Å²) in [7, 11) is 0. The zero-order valence-electron chi connectivity index (χ0n) is 25.8. The molecule has 0 atom stereocenters. The minimum Gasteiger partial charge on any atom is -0.236 e. The molecule has 2 aromatic heterocycles. The molecule has 0 bridgehead atoms. The molecule has 0 amide bonds. The van der Waals surface area contributed by atoms with E-state index in [4.69, 9.17) is 12.3 Å². The highest BCUT2D eigenvalue weighted by molar-refractivity contribution is 6.11. The number of nitrogens with zero attached hydrogens (tertiary/aromatic N) is 1. The highest BCUT2D eigenvalue weighted by atomic mass is 15.1. The Morgan fingerprint density at radius 1 is 0.833 bits per heavy atom. The molecule has 1 aliphatic heterocycles. The van der Waals surface area contributed by atoms with E-state index < -0.39 is 31.4 Å². The normalized spacial score (nSPS) is 22.4. The van der Waals surface area contributed by atoms with E-state index >= 15 is 0 Å². The second-order valence-corrected chi connectivity index (χ2v) is 8.70.